The van der Waals surface area contributed by atoms with E-state index in [4.69, 9.17) is 0 Å². The highest BCUT2D eigenvalue weighted by molar-refractivity contribution is 7.03. The molecule has 0 unspecified atom stereocenters. The summed E-state index contributed by atoms with van der Waals surface area (Å²) in [6.07, 6.45) is 0. The first kappa shape index (κ1) is 35.7. The van der Waals surface area contributed by atoms with Gasteiger partial charge in [0.05, 0.1) is 33.4 Å². The molecule has 3 aliphatic heterocycles. The highest BCUT2D eigenvalue weighted by Crippen LogP contribution is 2.56. The minimum absolute atomic E-state index is 0.0856. The zero-order valence-corrected chi connectivity index (χ0v) is 35.8. The first-order valence-electron chi connectivity index (χ1n) is 22.8. The molecule has 0 N–H and O–H groups in total. The molecule has 0 radical (unpaired) electrons. The minimum Gasteiger partial charge on any atom is -0.311 e. The van der Waals surface area contributed by atoms with E-state index in [0.717, 1.165) is 28.4 Å². The molecular formula is C60H38BN5. The third-order valence-electron chi connectivity index (χ3n) is 14.3. The number of fused-ring (bicyclic) bond motifs is 8. The van der Waals surface area contributed by atoms with Crippen LogP contribution in [0.1, 0.15) is 0 Å². The molecule has 5 heterocycles. The lowest BCUT2D eigenvalue weighted by atomic mass is 9.31. The second-order valence-electron chi connectivity index (χ2n) is 17.6. The van der Waals surface area contributed by atoms with E-state index >= 15 is 0 Å². The molecule has 0 atom stereocenters. The highest BCUT2D eigenvalue weighted by Gasteiger charge is 2.51. The van der Waals surface area contributed by atoms with E-state index in [-0.39, 0.29) is 6.71 Å². The van der Waals surface area contributed by atoms with Gasteiger partial charge in [-0.1, -0.05) is 133 Å². The second-order valence-corrected chi connectivity index (χ2v) is 17.6. The van der Waals surface area contributed by atoms with Crippen LogP contribution in [0.4, 0.5) is 51.2 Å². The maximum absolute atomic E-state index is 2.66. The number of nitrogens with zero attached hydrogens (tertiary/aromatic N) is 5. The van der Waals surface area contributed by atoms with Crippen molar-refractivity contribution in [2.45, 2.75) is 0 Å². The van der Waals surface area contributed by atoms with Crippen LogP contribution >= 0.6 is 0 Å². The number of aromatic nitrogens is 2. The molecule has 12 aromatic rings. The van der Waals surface area contributed by atoms with Crippen LogP contribution in [-0.2, 0) is 0 Å². The zero-order chi connectivity index (χ0) is 43.0. The molecule has 0 saturated heterocycles. The Balaban J connectivity index is 1.22. The number of para-hydroxylation sites is 7. The van der Waals surface area contributed by atoms with E-state index < -0.39 is 0 Å². The zero-order valence-electron chi connectivity index (χ0n) is 35.8. The summed E-state index contributed by atoms with van der Waals surface area (Å²) >= 11 is 0. The molecule has 0 spiro atoms. The summed E-state index contributed by atoms with van der Waals surface area (Å²) in [5, 5.41) is 4.94. The van der Waals surface area contributed by atoms with Gasteiger partial charge >= 0.3 is 0 Å². The van der Waals surface area contributed by atoms with Crippen LogP contribution in [-0.4, -0.2) is 15.8 Å². The second kappa shape index (κ2) is 13.4. The summed E-state index contributed by atoms with van der Waals surface area (Å²) in [5.41, 5.74) is 21.5. The highest BCUT2D eigenvalue weighted by atomic mass is 15.2. The van der Waals surface area contributed by atoms with Crippen molar-refractivity contribution >= 4 is 118 Å². The number of hydrogen-bond donors (Lipinski definition) is 0. The van der Waals surface area contributed by atoms with Gasteiger partial charge in [-0.15, -0.1) is 0 Å². The molecule has 0 bridgehead atoms. The Bertz CT molecular complexity index is 3700. The summed E-state index contributed by atoms with van der Waals surface area (Å²) in [5.74, 6) is 0. The van der Waals surface area contributed by atoms with Crippen LogP contribution in [0.5, 0.6) is 0 Å². The van der Waals surface area contributed by atoms with E-state index in [1.165, 1.54) is 94.1 Å². The van der Waals surface area contributed by atoms with Gasteiger partial charge in [-0.25, -0.2) is 0 Å². The van der Waals surface area contributed by atoms with Crippen LogP contribution in [0.2, 0.25) is 0 Å². The molecular weight excluding hydrogens is 802 g/mol. The summed E-state index contributed by atoms with van der Waals surface area (Å²) in [4.78, 5) is 7.75. The van der Waals surface area contributed by atoms with E-state index in [0.29, 0.717) is 0 Å². The molecule has 2 aromatic heterocycles. The van der Waals surface area contributed by atoms with Gasteiger partial charge < -0.3 is 23.8 Å². The van der Waals surface area contributed by atoms with Crippen molar-refractivity contribution in [1.82, 2.24) is 9.13 Å². The quantitative estimate of drug-likeness (QED) is 0.161. The predicted molar refractivity (Wildman–Crippen MR) is 277 cm³/mol. The number of hydrogen-bond acceptors (Lipinski definition) is 3. The molecule has 0 fully saturated rings. The van der Waals surface area contributed by atoms with Crippen molar-refractivity contribution in [3.8, 4) is 11.4 Å². The predicted octanol–water partition coefficient (Wildman–Crippen LogP) is 13.7. The van der Waals surface area contributed by atoms with Crippen LogP contribution in [0.15, 0.2) is 231 Å². The molecule has 3 aliphatic rings. The minimum atomic E-state index is -0.0856. The summed E-state index contributed by atoms with van der Waals surface area (Å²) in [6, 6.07) is 84.9. The van der Waals surface area contributed by atoms with Crippen molar-refractivity contribution in [3.63, 3.8) is 0 Å². The third-order valence-corrected chi connectivity index (χ3v) is 14.3. The smallest absolute Gasteiger partial charge is 0.257 e. The SMILES string of the molecule is c1ccc(N2c3cccc4c3B3c5c2cc2c(c5N(c5ccccc5)c5c3c(cc3c5c5ccccc5n3-c3ccccc3)N4c3ccccc3)c3ccccc3n2-c2ccccc2)cc1. The van der Waals surface area contributed by atoms with Crippen LogP contribution in [0, 0.1) is 0 Å². The van der Waals surface area contributed by atoms with E-state index in [2.05, 4.69) is 254 Å². The Morgan fingerprint density at radius 3 is 1.02 bits per heavy atom. The third kappa shape index (κ3) is 4.64. The first-order valence-corrected chi connectivity index (χ1v) is 22.8. The molecule has 0 amide bonds. The van der Waals surface area contributed by atoms with Gasteiger partial charge in [0.25, 0.3) is 6.71 Å². The fourth-order valence-electron chi connectivity index (χ4n) is 11.9. The van der Waals surface area contributed by atoms with E-state index in [9.17, 15) is 0 Å². The maximum atomic E-state index is 2.66. The lowest BCUT2D eigenvalue weighted by Gasteiger charge is -2.49. The average molecular weight is 840 g/mol. The fraction of sp³-hybridized carbons (Fsp3) is 0. The van der Waals surface area contributed by atoms with Gasteiger partial charge in [-0.2, -0.15) is 0 Å². The lowest BCUT2D eigenvalue weighted by Crippen LogP contribution is -2.65. The van der Waals surface area contributed by atoms with E-state index in [1.807, 2.05) is 0 Å². The van der Waals surface area contributed by atoms with Crippen LogP contribution in [0.25, 0.3) is 55.0 Å². The Labute approximate surface area is 381 Å². The Hall–Kier alpha value is -8.74. The lowest BCUT2D eigenvalue weighted by molar-refractivity contribution is 1.17. The fourth-order valence-corrected chi connectivity index (χ4v) is 11.9. The number of anilines is 9. The molecule has 10 aromatic carbocycles. The monoisotopic (exact) mass is 839 g/mol. The molecule has 5 nitrogen and oxygen atoms in total. The van der Waals surface area contributed by atoms with Gasteiger partial charge in [-0.3, -0.25) is 0 Å². The Morgan fingerprint density at radius 1 is 0.258 bits per heavy atom. The largest absolute Gasteiger partial charge is 0.311 e. The summed E-state index contributed by atoms with van der Waals surface area (Å²) in [7, 11) is 0. The van der Waals surface area contributed by atoms with Crippen molar-refractivity contribution in [2.75, 3.05) is 14.7 Å². The van der Waals surface area contributed by atoms with E-state index in [1.54, 1.807) is 0 Å². The topological polar surface area (TPSA) is 19.6 Å². The molecule has 0 aliphatic carbocycles. The maximum Gasteiger partial charge on any atom is 0.257 e. The van der Waals surface area contributed by atoms with Crippen molar-refractivity contribution in [2.24, 2.45) is 0 Å². The van der Waals surface area contributed by atoms with Gasteiger partial charge in [0.2, 0.25) is 0 Å². The standard InChI is InChI=1S/C60H38BN5/c1-6-21-39(22-7-1)62-46-33-18-16-31-44(46)54-50(62)37-52-57-59(54)66(43-29-14-5-15-30-43)60-55-45-32-17-19-34-47(45)63(40-23-8-2-9-24-40)51(55)38-53-58(60)61(57)56-48(64(52)41-25-10-3-11-26-41)35-20-36-49(56)65(53)42-27-12-4-13-28-42/h1-38H. The van der Waals surface area contributed by atoms with Crippen molar-refractivity contribution < 1.29 is 0 Å². The summed E-state index contributed by atoms with van der Waals surface area (Å²) in [6.45, 7) is -0.0856. The molecule has 6 heteroatoms. The average Bonchev–Trinajstić information content (AvgIpc) is 3.90. The Morgan fingerprint density at radius 2 is 0.606 bits per heavy atom. The van der Waals surface area contributed by atoms with Crippen molar-refractivity contribution in [1.29, 1.82) is 0 Å². The molecule has 66 heavy (non-hydrogen) atoms. The molecule has 306 valence electrons. The first-order chi connectivity index (χ1) is 32.8. The Kier molecular flexibility index (Phi) is 7.24. The van der Waals surface area contributed by atoms with Gasteiger partial charge in [0.1, 0.15) is 0 Å². The molecule has 15 rings (SSSR count). The molecule has 0 saturated carbocycles. The van der Waals surface area contributed by atoms with Crippen LogP contribution in [0.3, 0.4) is 0 Å². The van der Waals surface area contributed by atoms with Crippen molar-refractivity contribution in [3.05, 3.63) is 231 Å². The van der Waals surface area contributed by atoms with Crippen LogP contribution < -0.4 is 31.1 Å². The number of rotatable bonds is 5. The normalized spacial score (nSPS) is 13.3. The summed E-state index contributed by atoms with van der Waals surface area (Å²) < 4.78 is 4.97. The van der Waals surface area contributed by atoms with Gasteiger partial charge in [0.15, 0.2) is 0 Å². The van der Waals surface area contributed by atoms with Gasteiger partial charge in [0, 0.05) is 72.7 Å². The van der Waals surface area contributed by atoms with Gasteiger partial charge in [-0.05, 0) is 113 Å². The number of benzene rings is 10.